The van der Waals surface area contributed by atoms with Crippen LogP contribution in [0.2, 0.25) is 0 Å². The Kier molecular flexibility index (Phi) is 3.03. The van der Waals surface area contributed by atoms with Gasteiger partial charge in [0.2, 0.25) is 10.2 Å². The minimum absolute atomic E-state index is 0.294. The molecular weight excluding hydrogens is 240 g/mol. The predicted molar refractivity (Wildman–Crippen MR) is 70.6 cm³/mol. The van der Waals surface area contributed by atoms with Crippen LogP contribution in [0.15, 0.2) is 36.4 Å². The largest absolute Gasteiger partial charge is 0.282 e. The van der Waals surface area contributed by atoms with Crippen molar-refractivity contribution in [1.29, 1.82) is 0 Å². The third kappa shape index (κ3) is 1.86. The van der Waals surface area contributed by atoms with E-state index in [0.29, 0.717) is 11.1 Å². The Balaban J connectivity index is 2.90. The van der Waals surface area contributed by atoms with E-state index in [-0.39, 0.29) is 0 Å². The second-order valence-corrected chi connectivity index (χ2v) is 4.13. The molecule has 0 saturated carbocycles. The first-order valence-corrected chi connectivity index (χ1v) is 5.49. The molecule has 16 heavy (non-hydrogen) atoms. The molecule has 0 N–H and O–H groups in total. The summed E-state index contributed by atoms with van der Waals surface area (Å²) in [6.45, 7) is 0. The number of benzene rings is 2. The SMILES string of the molecule is O=C(S)c1ccc2ccccc2c1C(=O)S. The quantitative estimate of drug-likeness (QED) is 0.801. The molecule has 0 aliphatic heterocycles. The van der Waals surface area contributed by atoms with E-state index >= 15 is 0 Å². The van der Waals surface area contributed by atoms with Crippen LogP contribution in [-0.2, 0) is 0 Å². The van der Waals surface area contributed by atoms with E-state index < -0.39 is 10.2 Å². The highest BCUT2D eigenvalue weighted by atomic mass is 32.1. The molecule has 0 bridgehead atoms. The smallest absolute Gasteiger partial charge is 0.217 e. The van der Waals surface area contributed by atoms with Crippen LogP contribution in [0.5, 0.6) is 0 Å². The zero-order valence-corrected chi connectivity index (χ0v) is 9.96. The van der Waals surface area contributed by atoms with Crippen molar-refractivity contribution in [3.8, 4) is 0 Å². The Hall–Kier alpha value is -1.26. The second-order valence-electron chi connectivity index (χ2n) is 3.32. The summed E-state index contributed by atoms with van der Waals surface area (Å²) >= 11 is 7.56. The first kappa shape index (κ1) is 11.2. The van der Waals surface area contributed by atoms with Crippen LogP contribution in [0, 0.1) is 0 Å². The molecular formula is C12H8O2S2. The number of fused-ring (bicyclic) bond motifs is 1. The lowest BCUT2D eigenvalue weighted by Crippen LogP contribution is -2.01. The van der Waals surface area contributed by atoms with E-state index in [4.69, 9.17) is 0 Å². The predicted octanol–water partition coefficient (Wildman–Crippen LogP) is 2.98. The van der Waals surface area contributed by atoms with Gasteiger partial charge in [0, 0.05) is 11.1 Å². The van der Waals surface area contributed by atoms with Crippen LogP contribution in [0.4, 0.5) is 0 Å². The monoisotopic (exact) mass is 248 g/mol. The average molecular weight is 248 g/mol. The molecule has 0 atom stereocenters. The average Bonchev–Trinajstić information content (AvgIpc) is 2.27. The highest BCUT2D eigenvalue weighted by Gasteiger charge is 2.15. The lowest BCUT2D eigenvalue weighted by Gasteiger charge is -2.06. The molecule has 0 unspecified atom stereocenters. The molecule has 2 rings (SSSR count). The number of hydrogen-bond acceptors (Lipinski definition) is 2. The lowest BCUT2D eigenvalue weighted by atomic mass is 10.0. The van der Waals surface area contributed by atoms with Gasteiger partial charge in [-0.1, -0.05) is 30.3 Å². The van der Waals surface area contributed by atoms with Crippen molar-refractivity contribution in [3.63, 3.8) is 0 Å². The van der Waals surface area contributed by atoms with Gasteiger partial charge in [0.25, 0.3) is 0 Å². The van der Waals surface area contributed by atoms with Gasteiger partial charge in [0.1, 0.15) is 0 Å². The van der Waals surface area contributed by atoms with Crippen molar-refractivity contribution in [2.45, 2.75) is 0 Å². The molecule has 2 nitrogen and oxygen atoms in total. The van der Waals surface area contributed by atoms with E-state index in [1.165, 1.54) is 0 Å². The molecule has 0 saturated heterocycles. The highest BCUT2D eigenvalue weighted by Crippen LogP contribution is 2.25. The van der Waals surface area contributed by atoms with Gasteiger partial charge in [-0.05, 0) is 16.8 Å². The van der Waals surface area contributed by atoms with Crippen molar-refractivity contribution in [2.75, 3.05) is 0 Å². The summed E-state index contributed by atoms with van der Waals surface area (Å²) in [6.07, 6.45) is 0. The van der Waals surface area contributed by atoms with Crippen LogP contribution in [0.3, 0.4) is 0 Å². The van der Waals surface area contributed by atoms with E-state index in [0.717, 1.165) is 10.8 Å². The van der Waals surface area contributed by atoms with Crippen LogP contribution in [-0.4, -0.2) is 10.2 Å². The van der Waals surface area contributed by atoms with Crippen molar-refractivity contribution >= 4 is 46.3 Å². The van der Waals surface area contributed by atoms with Crippen LogP contribution >= 0.6 is 25.3 Å². The summed E-state index contributed by atoms with van der Waals surface area (Å²) in [5.41, 5.74) is 0.614. The third-order valence-electron chi connectivity index (χ3n) is 2.37. The summed E-state index contributed by atoms with van der Waals surface area (Å²) in [7, 11) is 0. The van der Waals surface area contributed by atoms with E-state index in [1.807, 2.05) is 18.2 Å². The van der Waals surface area contributed by atoms with Gasteiger partial charge < -0.3 is 0 Å². The maximum atomic E-state index is 11.5. The summed E-state index contributed by atoms with van der Waals surface area (Å²) < 4.78 is 0. The number of hydrogen-bond donors (Lipinski definition) is 2. The van der Waals surface area contributed by atoms with Gasteiger partial charge in [-0.25, -0.2) is 0 Å². The van der Waals surface area contributed by atoms with Crippen molar-refractivity contribution in [3.05, 3.63) is 47.5 Å². The fraction of sp³-hybridized carbons (Fsp3) is 0. The maximum absolute atomic E-state index is 11.5. The van der Waals surface area contributed by atoms with E-state index in [1.54, 1.807) is 18.2 Å². The molecule has 0 heterocycles. The molecule has 2 aromatic rings. The van der Waals surface area contributed by atoms with E-state index in [9.17, 15) is 9.59 Å². The van der Waals surface area contributed by atoms with Crippen molar-refractivity contribution in [2.24, 2.45) is 0 Å². The standard InChI is InChI=1S/C12H8O2S2/c13-11(15)9-6-5-7-3-1-2-4-8(7)10(9)12(14)16/h1-6H,(H,13,15)(H,14,16). The molecule has 0 radical (unpaired) electrons. The van der Waals surface area contributed by atoms with Crippen LogP contribution < -0.4 is 0 Å². The molecule has 0 aromatic heterocycles. The van der Waals surface area contributed by atoms with Gasteiger partial charge >= 0.3 is 0 Å². The van der Waals surface area contributed by atoms with Crippen molar-refractivity contribution in [1.82, 2.24) is 0 Å². The summed E-state index contributed by atoms with van der Waals surface area (Å²) in [4.78, 5) is 22.8. The molecule has 0 fully saturated rings. The minimum Gasteiger partial charge on any atom is -0.282 e. The fourth-order valence-electron chi connectivity index (χ4n) is 1.68. The third-order valence-corrected chi connectivity index (χ3v) is 2.84. The molecule has 0 spiro atoms. The second kappa shape index (κ2) is 4.31. The first-order valence-electron chi connectivity index (χ1n) is 4.59. The number of rotatable bonds is 2. The Morgan fingerprint density at radius 3 is 2.19 bits per heavy atom. The van der Waals surface area contributed by atoms with Crippen LogP contribution in [0.1, 0.15) is 20.7 Å². The maximum Gasteiger partial charge on any atom is 0.217 e. The number of carbonyl (C=O) groups excluding carboxylic acids is 2. The number of carbonyl (C=O) groups is 2. The summed E-state index contributed by atoms with van der Waals surface area (Å²) in [5, 5.41) is 0.776. The molecule has 2 aromatic carbocycles. The van der Waals surface area contributed by atoms with E-state index in [2.05, 4.69) is 25.3 Å². The van der Waals surface area contributed by atoms with Gasteiger partial charge in [-0.3, -0.25) is 9.59 Å². The topological polar surface area (TPSA) is 34.1 Å². The fourth-order valence-corrected chi connectivity index (χ4v) is 2.11. The van der Waals surface area contributed by atoms with Crippen LogP contribution in [0.25, 0.3) is 10.8 Å². The minimum atomic E-state index is -0.428. The lowest BCUT2D eigenvalue weighted by molar-refractivity contribution is 0.106. The van der Waals surface area contributed by atoms with Crippen molar-refractivity contribution < 1.29 is 9.59 Å². The molecule has 0 aliphatic carbocycles. The summed E-state index contributed by atoms with van der Waals surface area (Å²) in [6, 6.07) is 10.7. The Morgan fingerprint density at radius 2 is 1.56 bits per heavy atom. The molecule has 0 amide bonds. The normalized spacial score (nSPS) is 10.4. The number of thiol groups is 2. The highest BCUT2D eigenvalue weighted by molar-refractivity contribution is 7.98. The Bertz CT molecular complexity index is 591. The molecule has 0 aliphatic rings. The van der Waals surface area contributed by atoms with Gasteiger partial charge in [-0.2, -0.15) is 0 Å². The Morgan fingerprint density at radius 1 is 0.875 bits per heavy atom. The first-order chi connectivity index (χ1) is 7.61. The molecule has 80 valence electrons. The Labute approximate surface area is 103 Å². The van der Waals surface area contributed by atoms with Gasteiger partial charge in [-0.15, -0.1) is 25.3 Å². The summed E-state index contributed by atoms with van der Waals surface area (Å²) in [5.74, 6) is 0. The zero-order valence-electron chi connectivity index (χ0n) is 8.18. The zero-order chi connectivity index (χ0) is 11.7. The van der Waals surface area contributed by atoms with Gasteiger partial charge in [0.15, 0.2) is 0 Å². The molecule has 4 heteroatoms. The van der Waals surface area contributed by atoms with Gasteiger partial charge in [0.05, 0.1) is 0 Å².